The van der Waals surface area contributed by atoms with Crippen molar-refractivity contribution in [3.8, 4) is 0 Å². The van der Waals surface area contributed by atoms with Gasteiger partial charge in [0.25, 0.3) is 0 Å². The van der Waals surface area contributed by atoms with Gasteiger partial charge < -0.3 is 14.6 Å². The average molecular weight is 283 g/mol. The van der Waals surface area contributed by atoms with Gasteiger partial charge in [-0.2, -0.15) is 0 Å². The summed E-state index contributed by atoms with van der Waals surface area (Å²) in [5.74, 6) is 1.02. The predicted molar refractivity (Wildman–Crippen MR) is 77.4 cm³/mol. The van der Waals surface area contributed by atoms with Crippen LogP contribution in [0, 0.1) is 11.8 Å². The van der Waals surface area contributed by atoms with Crippen LogP contribution in [0.1, 0.15) is 46.0 Å². The van der Waals surface area contributed by atoms with E-state index in [1.165, 1.54) is 25.7 Å². The Morgan fingerprint density at radius 3 is 2.55 bits per heavy atom. The van der Waals surface area contributed by atoms with E-state index < -0.39 is 5.60 Å². The number of fused-ring (bicyclic) bond motifs is 2. The van der Waals surface area contributed by atoms with Gasteiger partial charge in [0, 0.05) is 25.0 Å². The fraction of sp³-hybridized carbons (Fsp3) is 1.00. The highest BCUT2D eigenvalue weighted by molar-refractivity contribution is 5.03. The van der Waals surface area contributed by atoms with E-state index >= 15 is 0 Å². The van der Waals surface area contributed by atoms with Gasteiger partial charge >= 0.3 is 0 Å². The van der Waals surface area contributed by atoms with Crippen LogP contribution >= 0.6 is 0 Å². The van der Waals surface area contributed by atoms with Crippen LogP contribution in [-0.4, -0.2) is 54.2 Å². The SMILES string of the molecule is COC1C2CCCCC2N(C)C2O[C@@H](C(C)(C)O)CC12. The minimum absolute atomic E-state index is 0.0854. The molecule has 0 amide bonds. The molecular weight excluding hydrogens is 254 g/mol. The molecule has 20 heavy (non-hydrogen) atoms. The molecule has 116 valence electrons. The molecule has 0 spiro atoms. The molecule has 1 N–H and O–H groups in total. The zero-order valence-electron chi connectivity index (χ0n) is 13.2. The fourth-order valence-electron chi connectivity index (χ4n) is 4.72. The number of ether oxygens (including phenoxy) is 2. The highest BCUT2D eigenvalue weighted by Crippen LogP contribution is 2.47. The Bertz CT molecular complexity index is 354. The molecule has 0 radical (unpaired) electrons. The first kappa shape index (κ1) is 14.8. The summed E-state index contributed by atoms with van der Waals surface area (Å²) in [5.41, 5.74) is -0.776. The molecule has 2 saturated heterocycles. The molecule has 1 saturated carbocycles. The number of methoxy groups -OCH3 is 1. The Morgan fingerprint density at radius 1 is 1.20 bits per heavy atom. The molecule has 3 rings (SSSR count). The van der Waals surface area contributed by atoms with Crippen molar-refractivity contribution >= 4 is 0 Å². The van der Waals surface area contributed by atoms with Crippen LogP contribution in [0.4, 0.5) is 0 Å². The third-order valence-electron chi connectivity index (χ3n) is 5.77. The monoisotopic (exact) mass is 283 g/mol. The Kier molecular flexibility index (Phi) is 3.87. The minimum Gasteiger partial charge on any atom is -0.388 e. The number of aliphatic hydroxyl groups is 1. The van der Waals surface area contributed by atoms with Crippen molar-refractivity contribution in [1.82, 2.24) is 4.90 Å². The van der Waals surface area contributed by atoms with Gasteiger partial charge in [-0.25, -0.2) is 0 Å². The van der Waals surface area contributed by atoms with Gasteiger partial charge in [0.2, 0.25) is 0 Å². The Labute approximate surface area is 122 Å². The number of piperidine rings is 1. The molecule has 6 atom stereocenters. The van der Waals surface area contributed by atoms with Crippen molar-refractivity contribution in [2.24, 2.45) is 11.8 Å². The average Bonchev–Trinajstić information content (AvgIpc) is 2.85. The molecular formula is C16H29NO3. The number of likely N-dealkylation sites (tertiary alicyclic amines) is 1. The van der Waals surface area contributed by atoms with Crippen LogP contribution in [0.2, 0.25) is 0 Å². The van der Waals surface area contributed by atoms with E-state index in [2.05, 4.69) is 11.9 Å². The summed E-state index contributed by atoms with van der Waals surface area (Å²) < 4.78 is 12.1. The molecule has 0 aromatic carbocycles. The second kappa shape index (κ2) is 5.24. The summed E-state index contributed by atoms with van der Waals surface area (Å²) in [6.45, 7) is 3.70. The Morgan fingerprint density at radius 2 is 1.90 bits per heavy atom. The fourth-order valence-corrected chi connectivity index (χ4v) is 4.72. The van der Waals surface area contributed by atoms with E-state index in [4.69, 9.17) is 9.47 Å². The summed E-state index contributed by atoms with van der Waals surface area (Å²) in [6, 6.07) is 0.579. The van der Waals surface area contributed by atoms with E-state index in [1.54, 1.807) is 0 Å². The largest absolute Gasteiger partial charge is 0.388 e. The number of hydrogen-bond donors (Lipinski definition) is 1. The van der Waals surface area contributed by atoms with E-state index in [1.807, 2.05) is 21.0 Å². The van der Waals surface area contributed by atoms with Crippen LogP contribution in [0.5, 0.6) is 0 Å². The summed E-state index contributed by atoms with van der Waals surface area (Å²) in [7, 11) is 4.04. The van der Waals surface area contributed by atoms with Crippen molar-refractivity contribution < 1.29 is 14.6 Å². The van der Waals surface area contributed by atoms with Crippen LogP contribution in [0.3, 0.4) is 0 Å². The van der Waals surface area contributed by atoms with Gasteiger partial charge in [-0.05, 0) is 40.2 Å². The maximum Gasteiger partial charge on any atom is 0.116 e. The standard InChI is InChI=1S/C16H29NO3/c1-16(2,18)13-9-11-14(19-4)10-7-5-6-8-12(10)17(3)15(11)20-13/h10-15,18H,5-9H2,1-4H3/t10?,11?,12?,13-,14?,15?/m1/s1. The van der Waals surface area contributed by atoms with Crippen molar-refractivity contribution in [3.05, 3.63) is 0 Å². The summed E-state index contributed by atoms with van der Waals surface area (Å²) in [4.78, 5) is 2.43. The lowest BCUT2D eigenvalue weighted by Gasteiger charge is -2.51. The first-order valence-corrected chi connectivity index (χ1v) is 8.06. The van der Waals surface area contributed by atoms with Gasteiger partial charge in [-0.1, -0.05) is 12.8 Å². The molecule has 2 heterocycles. The third-order valence-corrected chi connectivity index (χ3v) is 5.77. The second-order valence-electron chi connectivity index (χ2n) is 7.45. The van der Waals surface area contributed by atoms with Crippen LogP contribution in [-0.2, 0) is 9.47 Å². The maximum atomic E-state index is 10.3. The minimum atomic E-state index is -0.776. The lowest BCUT2D eigenvalue weighted by atomic mass is 9.71. The first-order valence-electron chi connectivity index (χ1n) is 8.06. The van der Waals surface area contributed by atoms with E-state index in [0.717, 1.165) is 6.42 Å². The molecule has 3 aliphatic rings. The number of nitrogens with zero attached hydrogens (tertiary/aromatic N) is 1. The lowest BCUT2D eigenvalue weighted by molar-refractivity contribution is -0.183. The highest BCUT2D eigenvalue weighted by Gasteiger charge is 2.55. The molecule has 2 aliphatic heterocycles. The Balaban J connectivity index is 1.85. The normalized spacial score (nSPS) is 46.0. The van der Waals surface area contributed by atoms with Crippen LogP contribution in [0.25, 0.3) is 0 Å². The zero-order valence-corrected chi connectivity index (χ0v) is 13.2. The van der Waals surface area contributed by atoms with E-state index in [9.17, 15) is 5.11 Å². The van der Waals surface area contributed by atoms with E-state index in [0.29, 0.717) is 17.9 Å². The molecule has 1 aliphatic carbocycles. The topological polar surface area (TPSA) is 41.9 Å². The summed E-state index contributed by atoms with van der Waals surface area (Å²) in [6.07, 6.45) is 6.36. The molecule has 3 fully saturated rings. The van der Waals surface area contributed by atoms with Crippen molar-refractivity contribution in [1.29, 1.82) is 0 Å². The quantitative estimate of drug-likeness (QED) is 0.842. The second-order valence-corrected chi connectivity index (χ2v) is 7.45. The van der Waals surface area contributed by atoms with Gasteiger partial charge in [0.05, 0.1) is 17.8 Å². The molecule has 4 nitrogen and oxygen atoms in total. The Hall–Kier alpha value is -0.160. The smallest absolute Gasteiger partial charge is 0.116 e. The van der Waals surface area contributed by atoms with Crippen LogP contribution < -0.4 is 0 Å². The summed E-state index contributed by atoms with van der Waals surface area (Å²) >= 11 is 0. The van der Waals surface area contributed by atoms with Gasteiger partial charge in [-0.3, -0.25) is 4.90 Å². The molecule has 4 heteroatoms. The summed E-state index contributed by atoms with van der Waals surface area (Å²) in [5, 5.41) is 10.3. The zero-order chi connectivity index (χ0) is 14.5. The maximum absolute atomic E-state index is 10.3. The van der Waals surface area contributed by atoms with Crippen molar-refractivity contribution in [3.63, 3.8) is 0 Å². The first-order chi connectivity index (χ1) is 9.43. The predicted octanol–water partition coefficient (Wildman–Crippen LogP) is 2.01. The van der Waals surface area contributed by atoms with Crippen molar-refractivity contribution in [2.45, 2.75) is 76.0 Å². The molecule has 0 aromatic rings. The molecule has 0 aromatic heterocycles. The molecule has 5 unspecified atom stereocenters. The van der Waals surface area contributed by atoms with Crippen molar-refractivity contribution in [2.75, 3.05) is 14.2 Å². The molecule has 0 bridgehead atoms. The van der Waals surface area contributed by atoms with E-state index in [-0.39, 0.29) is 18.4 Å². The highest BCUT2D eigenvalue weighted by atomic mass is 16.5. The van der Waals surface area contributed by atoms with Gasteiger partial charge in [-0.15, -0.1) is 0 Å². The van der Waals surface area contributed by atoms with Gasteiger partial charge in [0.1, 0.15) is 6.23 Å². The third kappa shape index (κ3) is 2.31. The lowest BCUT2D eigenvalue weighted by Crippen LogP contribution is -2.59. The number of rotatable bonds is 2. The van der Waals surface area contributed by atoms with Gasteiger partial charge in [0.15, 0.2) is 0 Å². The number of hydrogen-bond acceptors (Lipinski definition) is 4. The van der Waals surface area contributed by atoms with Crippen LogP contribution in [0.15, 0.2) is 0 Å².